The zero-order chi connectivity index (χ0) is 16.3. The summed E-state index contributed by atoms with van der Waals surface area (Å²) in [5.41, 5.74) is 6.85. The fraction of sp³-hybridized carbons (Fsp3) is 0.571. The number of benzene rings is 1. The van der Waals surface area contributed by atoms with Gasteiger partial charge in [-0.2, -0.15) is 0 Å². The molecule has 0 heterocycles. The maximum absolute atomic E-state index is 12.3. The summed E-state index contributed by atoms with van der Waals surface area (Å²) in [4.78, 5) is 0. The summed E-state index contributed by atoms with van der Waals surface area (Å²) < 4.78 is 24.6. The molecule has 0 aliphatic rings. The van der Waals surface area contributed by atoms with Gasteiger partial charge in [-0.3, -0.25) is 4.57 Å². The van der Waals surface area contributed by atoms with Crippen LogP contribution >= 0.6 is 30.9 Å². The third-order valence-electron chi connectivity index (χ3n) is 2.90. The lowest BCUT2D eigenvalue weighted by molar-refractivity contribution is 0.106. The molecule has 0 saturated carbocycles. The van der Waals surface area contributed by atoms with Crippen LogP contribution in [0.15, 0.2) is 30.3 Å². The standard InChI is InChI=1S/C14H23Cl2N2O3P/c15-7-9-18(10-8-16)22(17,19)21-12-4-11-20-13-14-5-2-1-3-6-14/h1-3,5-6H,4,7-13H2,(H2,17,19)/t22-/m1/s1. The molecule has 0 aromatic heterocycles. The number of ether oxygens (including phenoxy) is 1. The van der Waals surface area contributed by atoms with Crippen LogP contribution in [-0.2, 0) is 20.4 Å². The van der Waals surface area contributed by atoms with E-state index in [1.54, 1.807) is 0 Å². The second kappa shape index (κ2) is 11.4. The van der Waals surface area contributed by atoms with Crippen LogP contribution in [0.1, 0.15) is 12.0 Å². The highest BCUT2D eigenvalue weighted by atomic mass is 35.5. The number of nitrogens with two attached hydrogens (primary N) is 1. The number of rotatable bonds is 12. The highest BCUT2D eigenvalue weighted by Crippen LogP contribution is 2.42. The summed E-state index contributed by atoms with van der Waals surface area (Å²) >= 11 is 11.3. The molecule has 0 radical (unpaired) electrons. The first-order valence-electron chi connectivity index (χ1n) is 7.12. The van der Waals surface area contributed by atoms with Crippen LogP contribution in [0.3, 0.4) is 0 Å². The first kappa shape index (κ1) is 19.9. The topological polar surface area (TPSA) is 64.8 Å². The second-order valence-corrected chi connectivity index (χ2v) is 7.33. The molecule has 1 aromatic carbocycles. The van der Waals surface area contributed by atoms with E-state index in [-0.39, 0.29) is 6.61 Å². The first-order valence-corrected chi connectivity index (χ1v) is 9.84. The summed E-state index contributed by atoms with van der Waals surface area (Å²) in [6.07, 6.45) is 0.615. The van der Waals surface area contributed by atoms with Gasteiger partial charge < -0.3 is 9.26 Å². The van der Waals surface area contributed by atoms with Crippen LogP contribution in [0, 0.1) is 0 Å². The van der Waals surface area contributed by atoms with E-state index in [1.165, 1.54) is 4.67 Å². The maximum Gasteiger partial charge on any atom is 0.340 e. The Morgan fingerprint density at radius 1 is 1.09 bits per heavy atom. The van der Waals surface area contributed by atoms with Gasteiger partial charge in [-0.05, 0) is 12.0 Å². The molecule has 0 spiro atoms. The van der Waals surface area contributed by atoms with E-state index in [2.05, 4.69) is 0 Å². The Kier molecular flexibility index (Phi) is 10.3. The average molecular weight is 369 g/mol. The van der Waals surface area contributed by atoms with Gasteiger partial charge in [0, 0.05) is 31.5 Å². The van der Waals surface area contributed by atoms with Crippen molar-refractivity contribution in [2.45, 2.75) is 13.0 Å². The van der Waals surface area contributed by atoms with Gasteiger partial charge in [0.15, 0.2) is 0 Å². The molecule has 0 unspecified atom stereocenters. The zero-order valence-corrected chi connectivity index (χ0v) is 14.9. The van der Waals surface area contributed by atoms with Gasteiger partial charge in [-0.15, -0.1) is 23.2 Å². The third-order valence-corrected chi connectivity index (χ3v) is 4.98. The molecule has 0 bridgehead atoms. The van der Waals surface area contributed by atoms with Crippen molar-refractivity contribution in [2.75, 3.05) is 38.1 Å². The quantitative estimate of drug-likeness (QED) is 0.347. The summed E-state index contributed by atoms with van der Waals surface area (Å²) in [7, 11) is -3.33. The summed E-state index contributed by atoms with van der Waals surface area (Å²) in [5.74, 6) is 0.642. The normalized spacial score (nSPS) is 14.2. The predicted octanol–water partition coefficient (Wildman–Crippen LogP) is 3.46. The van der Waals surface area contributed by atoms with Gasteiger partial charge in [-0.1, -0.05) is 30.3 Å². The number of alkyl halides is 2. The third kappa shape index (κ3) is 7.93. The molecule has 8 heteroatoms. The minimum absolute atomic E-state index is 0.267. The van der Waals surface area contributed by atoms with Crippen molar-refractivity contribution in [1.82, 2.24) is 4.67 Å². The Labute approximate surface area is 142 Å². The highest BCUT2D eigenvalue weighted by Gasteiger charge is 2.26. The average Bonchev–Trinajstić information content (AvgIpc) is 2.51. The molecular weight excluding hydrogens is 346 g/mol. The molecule has 5 nitrogen and oxygen atoms in total. The lowest BCUT2D eigenvalue weighted by Gasteiger charge is -2.26. The van der Waals surface area contributed by atoms with Gasteiger partial charge in [0.25, 0.3) is 0 Å². The van der Waals surface area contributed by atoms with E-state index in [1.807, 2.05) is 30.3 Å². The fourth-order valence-electron chi connectivity index (χ4n) is 1.79. The number of hydrogen-bond donors (Lipinski definition) is 1. The van der Waals surface area contributed by atoms with Crippen LogP contribution in [0.4, 0.5) is 0 Å². The van der Waals surface area contributed by atoms with E-state index < -0.39 is 7.67 Å². The summed E-state index contributed by atoms with van der Waals surface area (Å²) in [6.45, 7) is 2.09. The SMILES string of the molecule is N[P@@](=O)(OCCCOCc1ccccc1)N(CCCl)CCCl. The van der Waals surface area contributed by atoms with Gasteiger partial charge in [0.2, 0.25) is 0 Å². The Hall–Kier alpha value is -0.130. The minimum Gasteiger partial charge on any atom is -0.377 e. The van der Waals surface area contributed by atoms with Crippen LogP contribution in [0.2, 0.25) is 0 Å². The Bertz CT molecular complexity index is 445. The van der Waals surface area contributed by atoms with Crippen LogP contribution in [0.25, 0.3) is 0 Å². The molecule has 0 saturated heterocycles. The number of hydrogen-bond acceptors (Lipinski definition) is 3. The smallest absolute Gasteiger partial charge is 0.340 e. The lowest BCUT2D eigenvalue weighted by Crippen LogP contribution is -2.29. The van der Waals surface area contributed by atoms with Gasteiger partial charge in [0.1, 0.15) is 0 Å². The maximum atomic E-state index is 12.3. The molecule has 0 amide bonds. The van der Waals surface area contributed by atoms with Gasteiger partial charge in [0.05, 0.1) is 13.2 Å². The second-order valence-electron chi connectivity index (χ2n) is 4.62. The van der Waals surface area contributed by atoms with E-state index >= 15 is 0 Å². The van der Waals surface area contributed by atoms with Crippen LogP contribution in [-0.4, -0.2) is 42.7 Å². The molecule has 0 aliphatic carbocycles. The fourth-order valence-corrected chi connectivity index (χ4v) is 3.74. The van der Waals surface area contributed by atoms with Crippen molar-refractivity contribution in [2.24, 2.45) is 5.50 Å². The molecule has 1 rings (SSSR count). The molecular formula is C14H23Cl2N2O3P. The van der Waals surface area contributed by atoms with Crippen molar-refractivity contribution in [1.29, 1.82) is 0 Å². The van der Waals surface area contributed by atoms with Crippen molar-refractivity contribution in [3.63, 3.8) is 0 Å². The predicted molar refractivity (Wildman–Crippen MR) is 91.5 cm³/mol. The first-order chi connectivity index (χ1) is 10.6. The number of nitrogens with zero attached hydrogens (tertiary/aromatic N) is 1. The molecule has 126 valence electrons. The summed E-state index contributed by atoms with van der Waals surface area (Å²) in [6, 6.07) is 9.90. The van der Waals surface area contributed by atoms with Gasteiger partial charge in [-0.25, -0.2) is 10.2 Å². The molecule has 0 fully saturated rings. The largest absolute Gasteiger partial charge is 0.377 e. The molecule has 1 aromatic rings. The molecule has 0 aliphatic heterocycles. The van der Waals surface area contributed by atoms with Gasteiger partial charge >= 0.3 is 7.67 Å². The highest BCUT2D eigenvalue weighted by molar-refractivity contribution is 7.53. The van der Waals surface area contributed by atoms with Crippen molar-refractivity contribution < 1.29 is 13.8 Å². The molecule has 2 N–H and O–H groups in total. The Balaban J connectivity index is 2.20. The van der Waals surface area contributed by atoms with Crippen molar-refractivity contribution >= 4 is 30.9 Å². The van der Waals surface area contributed by atoms with E-state index in [0.717, 1.165) is 5.56 Å². The van der Waals surface area contributed by atoms with E-state index in [9.17, 15) is 4.57 Å². The zero-order valence-electron chi connectivity index (χ0n) is 12.5. The van der Waals surface area contributed by atoms with E-state index in [4.69, 9.17) is 38.0 Å². The Morgan fingerprint density at radius 2 is 1.73 bits per heavy atom. The summed E-state index contributed by atoms with van der Waals surface area (Å²) in [5, 5.41) is 0. The van der Waals surface area contributed by atoms with E-state index in [0.29, 0.717) is 44.5 Å². The van der Waals surface area contributed by atoms with Crippen molar-refractivity contribution in [3.05, 3.63) is 35.9 Å². The lowest BCUT2D eigenvalue weighted by atomic mass is 10.2. The monoisotopic (exact) mass is 368 g/mol. The minimum atomic E-state index is -3.33. The molecule has 1 atom stereocenters. The van der Waals surface area contributed by atoms with Crippen LogP contribution < -0.4 is 5.50 Å². The number of halogens is 2. The van der Waals surface area contributed by atoms with Crippen molar-refractivity contribution in [3.8, 4) is 0 Å². The Morgan fingerprint density at radius 3 is 2.32 bits per heavy atom. The van der Waals surface area contributed by atoms with Crippen LogP contribution in [0.5, 0.6) is 0 Å². The molecule has 22 heavy (non-hydrogen) atoms.